The third-order valence-electron chi connectivity index (χ3n) is 9.95. The molecule has 0 spiro atoms. The summed E-state index contributed by atoms with van der Waals surface area (Å²) in [5, 5.41) is 6.70. The summed E-state index contributed by atoms with van der Waals surface area (Å²) in [5.74, 6) is 3.58. The molecule has 0 amide bonds. The summed E-state index contributed by atoms with van der Waals surface area (Å²) in [5.41, 5.74) is 6.44. The van der Waals surface area contributed by atoms with Crippen LogP contribution in [0.3, 0.4) is 0 Å². The maximum atomic E-state index is 6.56. The maximum Gasteiger partial charge on any atom is 0.164 e. The number of aromatic nitrogens is 3. The number of hydrogen-bond acceptors (Lipinski definition) is 6. The lowest BCUT2D eigenvalue weighted by Crippen LogP contribution is -2.00. The highest BCUT2D eigenvalue weighted by atomic mass is 32.2. The van der Waals surface area contributed by atoms with E-state index < -0.39 is 0 Å². The van der Waals surface area contributed by atoms with Gasteiger partial charge in [0.05, 0.1) is 9.79 Å². The second-order valence-corrected chi connectivity index (χ2v) is 14.4. The summed E-state index contributed by atoms with van der Waals surface area (Å²) < 4.78 is 12.8. The molecule has 11 rings (SSSR count). The van der Waals surface area contributed by atoms with Gasteiger partial charge in [-0.05, 0) is 93.3 Å². The minimum Gasteiger partial charge on any atom is -0.456 e. The summed E-state index contributed by atoms with van der Waals surface area (Å²) in [6.45, 7) is 0. The second kappa shape index (κ2) is 11.9. The molecule has 0 radical (unpaired) electrons. The number of ether oxygens (including phenoxy) is 1. The van der Waals surface area contributed by atoms with E-state index in [4.69, 9.17) is 24.1 Å². The van der Waals surface area contributed by atoms with Crippen LogP contribution in [0, 0.1) is 0 Å². The van der Waals surface area contributed by atoms with E-state index in [-0.39, 0.29) is 0 Å². The van der Waals surface area contributed by atoms with Crippen molar-refractivity contribution in [3.8, 4) is 56.8 Å². The molecule has 0 saturated carbocycles. The third-order valence-corrected chi connectivity index (χ3v) is 11.1. The predicted molar refractivity (Wildman–Crippen MR) is 214 cm³/mol. The molecular weight excluding hydrogens is 671 g/mol. The van der Waals surface area contributed by atoms with Crippen molar-refractivity contribution in [1.29, 1.82) is 0 Å². The topological polar surface area (TPSA) is 61.0 Å². The largest absolute Gasteiger partial charge is 0.456 e. The van der Waals surface area contributed by atoms with E-state index >= 15 is 0 Å². The van der Waals surface area contributed by atoms with Gasteiger partial charge in [0, 0.05) is 27.5 Å². The third kappa shape index (κ3) is 5.22. The SMILES string of the molecule is c1ccc2c(c1)Oc1cc(-c3ccc4c(c3)oc3cc(-c5nc(-c6ccc7ccccc7c6)nc(-c6ccc7ccccc7c6)n5)ccc34)ccc1S2. The molecule has 0 unspecified atom stereocenters. The normalized spacial score (nSPS) is 12.2. The Labute approximate surface area is 308 Å². The molecule has 8 aromatic carbocycles. The molecule has 6 heteroatoms. The van der Waals surface area contributed by atoms with Crippen LogP contribution in [0.2, 0.25) is 0 Å². The van der Waals surface area contributed by atoms with Crippen LogP contribution in [-0.4, -0.2) is 15.0 Å². The van der Waals surface area contributed by atoms with Crippen LogP contribution in [-0.2, 0) is 0 Å². The average Bonchev–Trinajstić information content (AvgIpc) is 3.59. The molecule has 1 aliphatic heterocycles. The Kier molecular flexibility index (Phi) is 6.72. The lowest BCUT2D eigenvalue weighted by molar-refractivity contribution is 0.455. The van der Waals surface area contributed by atoms with Gasteiger partial charge in [-0.25, -0.2) is 15.0 Å². The number of hydrogen-bond donors (Lipinski definition) is 0. The first-order valence-electron chi connectivity index (χ1n) is 17.5. The fraction of sp³-hybridized carbons (Fsp3) is 0. The van der Waals surface area contributed by atoms with E-state index in [1.165, 1.54) is 10.8 Å². The fourth-order valence-electron chi connectivity index (χ4n) is 7.22. The van der Waals surface area contributed by atoms with Crippen LogP contribution < -0.4 is 4.74 Å². The summed E-state index contributed by atoms with van der Waals surface area (Å²) >= 11 is 1.73. The van der Waals surface area contributed by atoms with Crippen molar-refractivity contribution in [3.63, 3.8) is 0 Å². The van der Waals surface area contributed by atoms with Gasteiger partial charge in [-0.3, -0.25) is 0 Å². The number of fused-ring (bicyclic) bond motifs is 7. The molecule has 53 heavy (non-hydrogen) atoms. The van der Waals surface area contributed by atoms with Crippen molar-refractivity contribution in [2.45, 2.75) is 9.79 Å². The molecule has 5 nitrogen and oxygen atoms in total. The van der Waals surface area contributed by atoms with E-state index in [1.54, 1.807) is 11.8 Å². The number of furan rings is 1. The molecule has 248 valence electrons. The van der Waals surface area contributed by atoms with Crippen LogP contribution in [0.1, 0.15) is 0 Å². The minimum atomic E-state index is 0.586. The predicted octanol–water partition coefficient (Wildman–Crippen LogP) is 13.0. The van der Waals surface area contributed by atoms with Gasteiger partial charge < -0.3 is 9.15 Å². The van der Waals surface area contributed by atoms with E-state index in [0.717, 1.165) is 81.8 Å². The van der Waals surface area contributed by atoms with Crippen LogP contribution in [0.5, 0.6) is 11.5 Å². The number of para-hydroxylation sites is 1. The zero-order valence-corrected chi connectivity index (χ0v) is 29.0. The number of benzene rings is 8. The summed E-state index contributed by atoms with van der Waals surface area (Å²) in [6.07, 6.45) is 0. The molecule has 10 aromatic rings. The smallest absolute Gasteiger partial charge is 0.164 e. The van der Waals surface area contributed by atoms with E-state index in [2.05, 4.69) is 140 Å². The van der Waals surface area contributed by atoms with Crippen molar-refractivity contribution in [3.05, 3.63) is 164 Å². The standard InChI is InChI=1S/C47H27N3O2S/c1-3-9-30-23-34(15-13-28(30)7-1)45-48-46(35-16-14-29-8-2-4-10-31(29)24-35)50-47(49-45)36-18-21-38-37-20-17-32(25-40(37)52-41(38)27-36)33-19-22-44-42(26-33)51-39-11-5-6-12-43(39)53-44/h1-27H. The monoisotopic (exact) mass is 697 g/mol. The molecule has 0 saturated heterocycles. The molecule has 1 aliphatic rings. The van der Waals surface area contributed by atoms with Crippen LogP contribution in [0.25, 0.3) is 88.8 Å². The van der Waals surface area contributed by atoms with Gasteiger partial charge in [0.2, 0.25) is 0 Å². The molecule has 0 aliphatic carbocycles. The van der Waals surface area contributed by atoms with E-state index in [0.29, 0.717) is 17.5 Å². The quantitative estimate of drug-likeness (QED) is 0.182. The Bertz CT molecular complexity index is 3000. The number of nitrogens with zero attached hydrogens (tertiary/aromatic N) is 3. The van der Waals surface area contributed by atoms with Gasteiger partial charge in [-0.2, -0.15) is 0 Å². The molecule has 3 heterocycles. The highest BCUT2D eigenvalue weighted by molar-refractivity contribution is 7.99. The van der Waals surface area contributed by atoms with Crippen molar-refractivity contribution >= 4 is 55.2 Å². The first kappa shape index (κ1) is 29.9. The van der Waals surface area contributed by atoms with Gasteiger partial charge in [0.25, 0.3) is 0 Å². The Hall–Kier alpha value is -6.76. The van der Waals surface area contributed by atoms with E-state index in [9.17, 15) is 0 Å². The Morgan fingerprint density at radius 1 is 0.358 bits per heavy atom. The molecule has 0 bridgehead atoms. The first-order chi connectivity index (χ1) is 26.2. The second-order valence-electron chi connectivity index (χ2n) is 13.3. The zero-order chi connectivity index (χ0) is 34.9. The highest BCUT2D eigenvalue weighted by Crippen LogP contribution is 2.48. The van der Waals surface area contributed by atoms with Gasteiger partial charge in [0.15, 0.2) is 17.5 Å². The van der Waals surface area contributed by atoms with Crippen LogP contribution in [0.15, 0.2) is 178 Å². The zero-order valence-electron chi connectivity index (χ0n) is 28.2. The Morgan fingerprint density at radius 2 is 0.830 bits per heavy atom. The lowest BCUT2D eigenvalue weighted by Gasteiger charge is -2.20. The lowest BCUT2D eigenvalue weighted by atomic mass is 10.0. The van der Waals surface area contributed by atoms with Gasteiger partial charge in [-0.1, -0.05) is 115 Å². The fourth-order valence-corrected chi connectivity index (χ4v) is 8.15. The van der Waals surface area contributed by atoms with Crippen LogP contribution in [0.4, 0.5) is 0 Å². The Balaban J connectivity index is 1.00. The van der Waals surface area contributed by atoms with Crippen molar-refractivity contribution in [1.82, 2.24) is 15.0 Å². The molecule has 2 aromatic heterocycles. The average molecular weight is 698 g/mol. The van der Waals surface area contributed by atoms with Gasteiger partial charge in [0.1, 0.15) is 22.7 Å². The molecule has 0 fully saturated rings. The summed E-state index contributed by atoms with van der Waals surface area (Å²) in [6, 6.07) is 56.5. The summed E-state index contributed by atoms with van der Waals surface area (Å²) in [7, 11) is 0. The van der Waals surface area contributed by atoms with E-state index in [1.807, 2.05) is 24.3 Å². The summed E-state index contributed by atoms with van der Waals surface area (Å²) in [4.78, 5) is 17.4. The highest BCUT2D eigenvalue weighted by Gasteiger charge is 2.19. The first-order valence-corrected chi connectivity index (χ1v) is 18.3. The Morgan fingerprint density at radius 3 is 1.49 bits per heavy atom. The van der Waals surface area contributed by atoms with Gasteiger partial charge in [-0.15, -0.1) is 0 Å². The minimum absolute atomic E-state index is 0.586. The molecule has 0 atom stereocenters. The molecular formula is C47H27N3O2S. The van der Waals surface area contributed by atoms with Gasteiger partial charge >= 0.3 is 0 Å². The molecule has 0 N–H and O–H groups in total. The van der Waals surface area contributed by atoms with Crippen molar-refractivity contribution in [2.75, 3.05) is 0 Å². The van der Waals surface area contributed by atoms with Crippen molar-refractivity contribution < 1.29 is 9.15 Å². The van der Waals surface area contributed by atoms with Crippen LogP contribution >= 0.6 is 11.8 Å². The maximum absolute atomic E-state index is 6.56. The number of rotatable bonds is 4. The van der Waals surface area contributed by atoms with Crippen molar-refractivity contribution in [2.24, 2.45) is 0 Å².